The molecule has 0 fully saturated rings. The van der Waals surface area contributed by atoms with Gasteiger partial charge in [-0.05, 0) is 17.7 Å². The lowest BCUT2D eigenvalue weighted by atomic mass is 10.1. The number of ether oxygens (including phenoxy) is 3. The zero-order valence-corrected chi connectivity index (χ0v) is 13.6. The van der Waals surface area contributed by atoms with Crippen molar-refractivity contribution in [2.24, 2.45) is 0 Å². The number of halogens is 1. The number of methoxy groups -OCH3 is 3. The van der Waals surface area contributed by atoms with Crippen LogP contribution in [-0.4, -0.2) is 57.7 Å². The molecule has 0 radical (unpaired) electrons. The van der Waals surface area contributed by atoms with Crippen LogP contribution in [0.3, 0.4) is 0 Å². The van der Waals surface area contributed by atoms with Gasteiger partial charge < -0.3 is 19.1 Å². The molecule has 0 aromatic heterocycles. The SMILES string of the molecule is COCC(Cl)CN(C)C(=O)Cc1ccc(OC)c(OC)c1. The number of amides is 1. The molecule has 0 saturated heterocycles. The molecular weight excluding hydrogens is 294 g/mol. The van der Waals surface area contributed by atoms with Gasteiger partial charge in [0, 0.05) is 20.7 Å². The first-order chi connectivity index (χ1) is 10.0. The molecule has 1 rings (SSSR count). The molecule has 1 unspecified atom stereocenters. The van der Waals surface area contributed by atoms with Crippen molar-refractivity contribution < 1.29 is 19.0 Å². The van der Waals surface area contributed by atoms with E-state index in [1.165, 1.54) is 0 Å². The maximum absolute atomic E-state index is 12.2. The second-order valence-electron chi connectivity index (χ2n) is 4.69. The fourth-order valence-electron chi connectivity index (χ4n) is 1.93. The maximum Gasteiger partial charge on any atom is 0.226 e. The highest BCUT2D eigenvalue weighted by Crippen LogP contribution is 2.27. The Hall–Kier alpha value is -1.46. The van der Waals surface area contributed by atoms with E-state index in [-0.39, 0.29) is 17.7 Å². The summed E-state index contributed by atoms with van der Waals surface area (Å²) in [7, 11) is 6.46. The van der Waals surface area contributed by atoms with E-state index in [0.29, 0.717) is 24.7 Å². The van der Waals surface area contributed by atoms with Crippen LogP contribution in [0, 0.1) is 0 Å². The minimum atomic E-state index is -0.214. The number of hydrogen-bond donors (Lipinski definition) is 0. The van der Waals surface area contributed by atoms with Crippen LogP contribution in [-0.2, 0) is 16.0 Å². The predicted octanol–water partition coefficient (Wildman–Crippen LogP) is 1.96. The fraction of sp³-hybridized carbons (Fsp3) is 0.533. The predicted molar refractivity (Wildman–Crippen MR) is 82.4 cm³/mol. The van der Waals surface area contributed by atoms with E-state index in [9.17, 15) is 4.79 Å². The third kappa shape index (κ3) is 5.44. The summed E-state index contributed by atoms with van der Waals surface area (Å²) in [5, 5.41) is -0.214. The lowest BCUT2D eigenvalue weighted by Gasteiger charge is -2.20. The molecule has 0 spiro atoms. The molecule has 0 aliphatic carbocycles. The zero-order valence-electron chi connectivity index (χ0n) is 12.9. The number of rotatable bonds is 8. The summed E-state index contributed by atoms with van der Waals surface area (Å²) in [5.74, 6) is 1.24. The normalized spacial score (nSPS) is 11.9. The third-order valence-electron chi connectivity index (χ3n) is 3.05. The summed E-state index contributed by atoms with van der Waals surface area (Å²) in [6, 6.07) is 5.44. The first kappa shape index (κ1) is 17.6. The summed E-state index contributed by atoms with van der Waals surface area (Å²) >= 11 is 6.05. The molecule has 1 amide bonds. The standard InChI is InChI=1S/C15H22ClNO4/c1-17(9-12(16)10-19-2)15(18)8-11-5-6-13(20-3)14(7-11)21-4/h5-7,12H,8-10H2,1-4H3. The number of likely N-dealkylation sites (N-methyl/N-ethyl adjacent to an activating group) is 1. The fourth-order valence-corrected chi connectivity index (χ4v) is 2.27. The van der Waals surface area contributed by atoms with Crippen LogP contribution in [0.15, 0.2) is 18.2 Å². The lowest BCUT2D eigenvalue weighted by molar-refractivity contribution is -0.129. The quantitative estimate of drug-likeness (QED) is 0.688. The van der Waals surface area contributed by atoms with E-state index in [1.807, 2.05) is 6.07 Å². The minimum absolute atomic E-state index is 0.0102. The van der Waals surface area contributed by atoms with Crippen molar-refractivity contribution >= 4 is 17.5 Å². The van der Waals surface area contributed by atoms with E-state index in [1.54, 1.807) is 45.4 Å². The zero-order chi connectivity index (χ0) is 15.8. The minimum Gasteiger partial charge on any atom is -0.493 e. The van der Waals surface area contributed by atoms with Crippen LogP contribution in [0.2, 0.25) is 0 Å². The highest BCUT2D eigenvalue weighted by molar-refractivity contribution is 6.21. The Kier molecular flexibility index (Phi) is 7.32. The highest BCUT2D eigenvalue weighted by Gasteiger charge is 2.15. The molecular formula is C15H22ClNO4. The van der Waals surface area contributed by atoms with Gasteiger partial charge in [-0.2, -0.15) is 0 Å². The monoisotopic (exact) mass is 315 g/mol. The van der Waals surface area contributed by atoms with Gasteiger partial charge in [-0.15, -0.1) is 11.6 Å². The van der Waals surface area contributed by atoms with E-state index in [4.69, 9.17) is 25.8 Å². The van der Waals surface area contributed by atoms with E-state index in [2.05, 4.69) is 0 Å². The molecule has 0 bridgehead atoms. The van der Waals surface area contributed by atoms with Crippen LogP contribution in [0.4, 0.5) is 0 Å². The maximum atomic E-state index is 12.2. The number of benzene rings is 1. The van der Waals surface area contributed by atoms with Crippen molar-refractivity contribution in [3.8, 4) is 11.5 Å². The summed E-state index contributed by atoms with van der Waals surface area (Å²) in [6.07, 6.45) is 0.285. The summed E-state index contributed by atoms with van der Waals surface area (Å²) in [6.45, 7) is 0.858. The summed E-state index contributed by atoms with van der Waals surface area (Å²) in [5.41, 5.74) is 0.863. The first-order valence-electron chi connectivity index (χ1n) is 6.59. The van der Waals surface area contributed by atoms with E-state index >= 15 is 0 Å². The molecule has 1 atom stereocenters. The number of alkyl halides is 1. The molecule has 5 nitrogen and oxygen atoms in total. The summed E-state index contributed by atoms with van der Waals surface area (Å²) < 4.78 is 15.4. The van der Waals surface area contributed by atoms with Crippen molar-refractivity contribution in [3.05, 3.63) is 23.8 Å². The van der Waals surface area contributed by atoms with Crippen molar-refractivity contribution in [2.45, 2.75) is 11.8 Å². The van der Waals surface area contributed by atoms with Crippen molar-refractivity contribution in [2.75, 3.05) is 41.5 Å². The van der Waals surface area contributed by atoms with Gasteiger partial charge in [-0.3, -0.25) is 4.79 Å². The summed E-state index contributed by atoms with van der Waals surface area (Å²) in [4.78, 5) is 13.8. The highest BCUT2D eigenvalue weighted by atomic mass is 35.5. The third-order valence-corrected chi connectivity index (χ3v) is 3.31. The van der Waals surface area contributed by atoms with Gasteiger partial charge in [-0.1, -0.05) is 6.07 Å². The number of carbonyl (C=O) groups is 1. The number of hydrogen-bond acceptors (Lipinski definition) is 4. The van der Waals surface area contributed by atoms with Gasteiger partial charge in [0.1, 0.15) is 0 Å². The van der Waals surface area contributed by atoms with Gasteiger partial charge in [0.2, 0.25) is 5.91 Å². The van der Waals surface area contributed by atoms with Crippen molar-refractivity contribution in [1.29, 1.82) is 0 Å². The second kappa shape index (κ2) is 8.74. The van der Waals surface area contributed by atoms with Crippen molar-refractivity contribution in [3.63, 3.8) is 0 Å². The number of carbonyl (C=O) groups excluding carboxylic acids is 1. The molecule has 0 saturated carbocycles. The molecule has 0 aliphatic rings. The molecule has 0 N–H and O–H groups in total. The van der Waals surface area contributed by atoms with Gasteiger partial charge >= 0.3 is 0 Å². The Morgan fingerprint density at radius 3 is 2.48 bits per heavy atom. The Balaban J connectivity index is 2.65. The van der Waals surface area contributed by atoms with Crippen LogP contribution in [0.25, 0.3) is 0 Å². The second-order valence-corrected chi connectivity index (χ2v) is 5.31. The molecule has 118 valence electrons. The van der Waals surface area contributed by atoms with Gasteiger partial charge in [0.25, 0.3) is 0 Å². The smallest absolute Gasteiger partial charge is 0.226 e. The largest absolute Gasteiger partial charge is 0.493 e. The van der Waals surface area contributed by atoms with Gasteiger partial charge in [-0.25, -0.2) is 0 Å². The molecule has 6 heteroatoms. The molecule has 1 aromatic rings. The molecule has 0 aliphatic heterocycles. The first-order valence-corrected chi connectivity index (χ1v) is 7.03. The Morgan fingerprint density at radius 1 is 1.24 bits per heavy atom. The lowest BCUT2D eigenvalue weighted by Crippen LogP contribution is -2.34. The van der Waals surface area contributed by atoms with Crippen LogP contribution in [0.5, 0.6) is 11.5 Å². The number of nitrogens with zero attached hydrogens (tertiary/aromatic N) is 1. The van der Waals surface area contributed by atoms with E-state index < -0.39 is 0 Å². The Labute approximate surface area is 130 Å². The average Bonchev–Trinajstić information content (AvgIpc) is 2.47. The van der Waals surface area contributed by atoms with Crippen LogP contribution >= 0.6 is 11.6 Å². The van der Waals surface area contributed by atoms with Crippen LogP contribution in [0.1, 0.15) is 5.56 Å². The molecule has 21 heavy (non-hydrogen) atoms. The van der Waals surface area contributed by atoms with Crippen molar-refractivity contribution in [1.82, 2.24) is 4.90 Å². The molecule has 0 heterocycles. The average molecular weight is 316 g/mol. The Morgan fingerprint density at radius 2 is 1.90 bits per heavy atom. The Bertz CT molecular complexity index is 467. The van der Waals surface area contributed by atoms with E-state index in [0.717, 1.165) is 5.56 Å². The van der Waals surface area contributed by atoms with Gasteiger partial charge in [0.15, 0.2) is 11.5 Å². The molecule has 1 aromatic carbocycles. The topological polar surface area (TPSA) is 48.0 Å². The van der Waals surface area contributed by atoms with Crippen LogP contribution < -0.4 is 9.47 Å². The van der Waals surface area contributed by atoms with Gasteiger partial charge in [0.05, 0.1) is 32.6 Å².